The summed E-state index contributed by atoms with van der Waals surface area (Å²) in [6.45, 7) is 3.04. The second kappa shape index (κ2) is 4.46. The standard InChI is InChI=1S/C14H17N3O/c1-16-6-7-17-12(10-16)9-15-14(17)11-4-3-5-13(8-11)18-2/h3-5,8-9H,6-7,10H2,1-2H3. The van der Waals surface area contributed by atoms with Crippen molar-refractivity contribution in [3.8, 4) is 17.1 Å². The van der Waals surface area contributed by atoms with Crippen molar-refractivity contribution in [2.45, 2.75) is 13.1 Å². The third-order valence-corrected chi connectivity index (χ3v) is 3.40. The zero-order valence-corrected chi connectivity index (χ0v) is 10.8. The molecule has 0 unspecified atom stereocenters. The molecule has 0 atom stereocenters. The summed E-state index contributed by atoms with van der Waals surface area (Å²) < 4.78 is 7.57. The molecule has 0 saturated carbocycles. The van der Waals surface area contributed by atoms with Crippen LogP contribution >= 0.6 is 0 Å². The lowest BCUT2D eigenvalue weighted by Gasteiger charge is -2.25. The van der Waals surface area contributed by atoms with Crippen molar-refractivity contribution in [3.05, 3.63) is 36.2 Å². The van der Waals surface area contributed by atoms with E-state index in [9.17, 15) is 0 Å². The molecular weight excluding hydrogens is 226 g/mol. The molecule has 2 heterocycles. The average Bonchev–Trinajstić information content (AvgIpc) is 2.81. The van der Waals surface area contributed by atoms with Crippen LogP contribution in [0, 0.1) is 0 Å². The van der Waals surface area contributed by atoms with Gasteiger partial charge in [0.2, 0.25) is 0 Å². The molecule has 1 aromatic heterocycles. The van der Waals surface area contributed by atoms with Crippen molar-refractivity contribution in [1.82, 2.24) is 14.5 Å². The number of hydrogen-bond donors (Lipinski definition) is 0. The maximum atomic E-state index is 5.27. The molecule has 1 aliphatic heterocycles. The van der Waals surface area contributed by atoms with Gasteiger partial charge in [-0.1, -0.05) is 12.1 Å². The van der Waals surface area contributed by atoms with E-state index in [2.05, 4.69) is 27.6 Å². The van der Waals surface area contributed by atoms with E-state index in [1.54, 1.807) is 7.11 Å². The van der Waals surface area contributed by atoms with Crippen LogP contribution in [-0.4, -0.2) is 35.2 Å². The minimum Gasteiger partial charge on any atom is -0.497 e. The molecule has 0 spiro atoms. The minimum atomic E-state index is 0.873. The second-order valence-corrected chi connectivity index (χ2v) is 4.69. The summed E-state index contributed by atoms with van der Waals surface area (Å²) in [5.74, 6) is 1.91. The Balaban J connectivity index is 2.02. The summed E-state index contributed by atoms with van der Waals surface area (Å²) in [5.41, 5.74) is 2.40. The largest absolute Gasteiger partial charge is 0.497 e. The van der Waals surface area contributed by atoms with Crippen LogP contribution in [0.4, 0.5) is 0 Å². The molecule has 0 aliphatic carbocycles. The molecule has 94 valence electrons. The monoisotopic (exact) mass is 243 g/mol. The van der Waals surface area contributed by atoms with E-state index in [1.165, 1.54) is 5.69 Å². The van der Waals surface area contributed by atoms with Gasteiger partial charge in [-0.05, 0) is 19.2 Å². The molecule has 1 aliphatic rings. The number of imidazole rings is 1. The van der Waals surface area contributed by atoms with Gasteiger partial charge in [-0.2, -0.15) is 0 Å². The molecule has 0 N–H and O–H groups in total. The van der Waals surface area contributed by atoms with Gasteiger partial charge in [0.05, 0.1) is 19.0 Å². The normalized spacial score (nSPS) is 15.4. The van der Waals surface area contributed by atoms with Crippen molar-refractivity contribution >= 4 is 0 Å². The Morgan fingerprint density at radius 1 is 1.28 bits per heavy atom. The first kappa shape index (κ1) is 11.3. The first-order chi connectivity index (χ1) is 8.78. The van der Waals surface area contributed by atoms with Gasteiger partial charge < -0.3 is 9.30 Å². The third-order valence-electron chi connectivity index (χ3n) is 3.40. The molecular formula is C14H17N3O. The number of methoxy groups -OCH3 is 1. The van der Waals surface area contributed by atoms with E-state index in [0.717, 1.165) is 36.8 Å². The third kappa shape index (κ3) is 1.88. The topological polar surface area (TPSA) is 30.3 Å². The highest BCUT2D eigenvalue weighted by Crippen LogP contribution is 2.25. The lowest BCUT2D eigenvalue weighted by molar-refractivity contribution is 0.271. The summed E-state index contributed by atoms with van der Waals surface area (Å²) in [6.07, 6.45) is 1.98. The number of rotatable bonds is 2. The van der Waals surface area contributed by atoms with Gasteiger partial charge >= 0.3 is 0 Å². The van der Waals surface area contributed by atoms with Crippen LogP contribution < -0.4 is 4.74 Å². The second-order valence-electron chi connectivity index (χ2n) is 4.69. The van der Waals surface area contributed by atoms with E-state index >= 15 is 0 Å². The van der Waals surface area contributed by atoms with E-state index in [-0.39, 0.29) is 0 Å². The van der Waals surface area contributed by atoms with Crippen LogP contribution in [0.25, 0.3) is 11.4 Å². The summed E-state index contributed by atoms with van der Waals surface area (Å²) in [5, 5.41) is 0. The Morgan fingerprint density at radius 2 is 2.17 bits per heavy atom. The van der Waals surface area contributed by atoms with Crippen molar-refractivity contribution in [2.75, 3.05) is 20.7 Å². The molecule has 4 heteroatoms. The summed E-state index contributed by atoms with van der Waals surface area (Å²) in [7, 11) is 3.83. The Bertz CT molecular complexity index is 562. The Labute approximate surface area is 107 Å². The molecule has 4 nitrogen and oxygen atoms in total. The Morgan fingerprint density at radius 3 is 3.00 bits per heavy atom. The number of ether oxygens (including phenoxy) is 1. The SMILES string of the molecule is COc1cccc(-c2ncc3n2CCN(C)C3)c1. The van der Waals surface area contributed by atoms with Crippen LogP contribution in [0.2, 0.25) is 0 Å². The van der Waals surface area contributed by atoms with Crippen LogP contribution in [0.5, 0.6) is 5.75 Å². The number of fused-ring (bicyclic) bond motifs is 1. The fraction of sp³-hybridized carbons (Fsp3) is 0.357. The quantitative estimate of drug-likeness (QED) is 0.808. The lowest BCUT2D eigenvalue weighted by atomic mass is 10.2. The Hall–Kier alpha value is -1.81. The van der Waals surface area contributed by atoms with Gasteiger partial charge in [-0.25, -0.2) is 4.98 Å². The molecule has 0 fully saturated rings. The first-order valence-corrected chi connectivity index (χ1v) is 6.15. The van der Waals surface area contributed by atoms with Crippen molar-refractivity contribution in [2.24, 2.45) is 0 Å². The van der Waals surface area contributed by atoms with Gasteiger partial charge in [0.25, 0.3) is 0 Å². The molecule has 2 aromatic rings. The lowest BCUT2D eigenvalue weighted by Crippen LogP contribution is -2.30. The first-order valence-electron chi connectivity index (χ1n) is 6.15. The van der Waals surface area contributed by atoms with Gasteiger partial charge in [0.15, 0.2) is 0 Å². The summed E-state index contributed by atoms with van der Waals surface area (Å²) in [4.78, 5) is 6.87. The van der Waals surface area contributed by atoms with E-state index in [1.807, 2.05) is 24.4 Å². The van der Waals surface area contributed by atoms with Crippen LogP contribution in [0.1, 0.15) is 5.69 Å². The van der Waals surface area contributed by atoms with E-state index < -0.39 is 0 Å². The van der Waals surface area contributed by atoms with Gasteiger partial charge in [0, 0.05) is 25.2 Å². The minimum absolute atomic E-state index is 0.873. The molecule has 1 aromatic carbocycles. The number of hydrogen-bond acceptors (Lipinski definition) is 3. The van der Waals surface area contributed by atoms with Gasteiger partial charge in [-0.3, -0.25) is 4.90 Å². The smallest absolute Gasteiger partial charge is 0.140 e. The highest BCUT2D eigenvalue weighted by Gasteiger charge is 2.17. The van der Waals surface area contributed by atoms with E-state index in [0.29, 0.717) is 0 Å². The number of benzene rings is 1. The fourth-order valence-electron chi connectivity index (χ4n) is 2.41. The molecule has 0 bridgehead atoms. The maximum absolute atomic E-state index is 5.27. The predicted molar refractivity (Wildman–Crippen MR) is 70.5 cm³/mol. The highest BCUT2D eigenvalue weighted by molar-refractivity contribution is 5.58. The molecule has 0 amide bonds. The van der Waals surface area contributed by atoms with E-state index in [4.69, 9.17) is 4.74 Å². The maximum Gasteiger partial charge on any atom is 0.140 e. The Kier molecular flexibility index (Phi) is 2.80. The van der Waals surface area contributed by atoms with Crippen LogP contribution in [-0.2, 0) is 13.1 Å². The molecule has 3 rings (SSSR count). The number of likely N-dealkylation sites (N-methyl/N-ethyl adjacent to an activating group) is 1. The molecule has 18 heavy (non-hydrogen) atoms. The summed E-state index contributed by atoms with van der Waals surface area (Å²) >= 11 is 0. The fourth-order valence-corrected chi connectivity index (χ4v) is 2.41. The molecule has 0 saturated heterocycles. The number of aromatic nitrogens is 2. The van der Waals surface area contributed by atoms with Crippen molar-refractivity contribution < 1.29 is 4.74 Å². The van der Waals surface area contributed by atoms with Crippen LogP contribution in [0.15, 0.2) is 30.5 Å². The predicted octanol–water partition coefficient (Wildman–Crippen LogP) is 2.00. The molecule has 0 radical (unpaired) electrons. The summed E-state index contributed by atoms with van der Waals surface area (Å²) in [6, 6.07) is 8.08. The van der Waals surface area contributed by atoms with Gasteiger partial charge in [0.1, 0.15) is 11.6 Å². The zero-order chi connectivity index (χ0) is 12.5. The van der Waals surface area contributed by atoms with Crippen molar-refractivity contribution in [3.63, 3.8) is 0 Å². The zero-order valence-electron chi connectivity index (χ0n) is 10.8. The van der Waals surface area contributed by atoms with Gasteiger partial charge in [-0.15, -0.1) is 0 Å². The van der Waals surface area contributed by atoms with Crippen LogP contribution in [0.3, 0.4) is 0 Å². The highest BCUT2D eigenvalue weighted by atomic mass is 16.5. The average molecular weight is 243 g/mol. The number of nitrogens with zero attached hydrogens (tertiary/aromatic N) is 3. The van der Waals surface area contributed by atoms with Crippen molar-refractivity contribution in [1.29, 1.82) is 0 Å².